The lowest BCUT2D eigenvalue weighted by atomic mass is 10.1. The summed E-state index contributed by atoms with van der Waals surface area (Å²) < 4.78 is 11.0. The molecule has 0 unspecified atom stereocenters. The van der Waals surface area contributed by atoms with Gasteiger partial charge in [-0.15, -0.1) is 0 Å². The van der Waals surface area contributed by atoms with Gasteiger partial charge in [0.1, 0.15) is 0 Å². The van der Waals surface area contributed by atoms with Crippen LogP contribution in [0, 0.1) is 0 Å². The maximum Gasteiger partial charge on any atom is 0.264 e. The predicted octanol–water partition coefficient (Wildman–Crippen LogP) is 5.95. The zero-order chi connectivity index (χ0) is 26.4. The van der Waals surface area contributed by atoms with Crippen LogP contribution in [-0.2, 0) is 11.2 Å². The fourth-order valence-electron chi connectivity index (χ4n) is 4.14. The molecule has 192 valence electrons. The van der Waals surface area contributed by atoms with E-state index < -0.39 is 0 Å². The van der Waals surface area contributed by atoms with Crippen molar-refractivity contribution in [3.63, 3.8) is 0 Å². The number of anilines is 1. The van der Waals surface area contributed by atoms with Gasteiger partial charge < -0.3 is 19.7 Å². The van der Waals surface area contributed by atoms with Crippen LogP contribution in [0.2, 0.25) is 0 Å². The van der Waals surface area contributed by atoms with Gasteiger partial charge in [0.15, 0.2) is 11.5 Å². The SMILES string of the molecule is CCOc1ccc(/C=C2/Sc3ccc(C(=O)N[C@@H](C)CCc4ccccc4)cc3N(C)C2=O)cc1OC. The zero-order valence-electron chi connectivity index (χ0n) is 21.6. The highest BCUT2D eigenvalue weighted by Gasteiger charge is 2.27. The van der Waals surface area contributed by atoms with Gasteiger partial charge in [0.2, 0.25) is 0 Å². The molecule has 37 heavy (non-hydrogen) atoms. The standard InChI is InChI=1S/C30H32N2O4S/c1-5-36-25-15-13-22(17-26(25)35-4)18-28-30(34)32(3)24-19-23(14-16-27(24)37-28)29(33)31-20(2)11-12-21-9-7-6-8-10-21/h6-10,13-20H,5,11-12H2,1-4H3,(H,31,33)/b28-18+/t20-/m0/s1. The van der Waals surface area contributed by atoms with Gasteiger partial charge in [-0.1, -0.05) is 48.2 Å². The molecule has 0 saturated heterocycles. The van der Waals surface area contributed by atoms with Gasteiger partial charge in [0, 0.05) is 23.5 Å². The molecular weight excluding hydrogens is 484 g/mol. The number of carbonyl (C=O) groups excluding carboxylic acids is 2. The molecule has 3 aromatic rings. The fourth-order valence-corrected chi connectivity index (χ4v) is 5.23. The number of likely N-dealkylation sites (N-methyl/N-ethyl adjacent to an activating group) is 1. The van der Waals surface area contributed by atoms with Crippen molar-refractivity contribution in [2.24, 2.45) is 0 Å². The molecule has 1 atom stereocenters. The Hall–Kier alpha value is -3.71. The monoisotopic (exact) mass is 516 g/mol. The Morgan fingerprint density at radius 1 is 1.08 bits per heavy atom. The summed E-state index contributed by atoms with van der Waals surface area (Å²) in [6.45, 7) is 4.47. The summed E-state index contributed by atoms with van der Waals surface area (Å²) in [5, 5.41) is 3.08. The molecule has 3 aromatic carbocycles. The van der Waals surface area contributed by atoms with Crippen LogP contribution in [0.25, 0.3) is 6.08 Å². The van der Waals surface area contributed by atoms with E-state index >= 15 is 0 Å². The second kappa shape index (κ2) is 12.0. The highest BCUT2D eigenvalue weighted by molar-refractivity contribution is 8.04. The second-order valence-corrected chi connectivity index (χ2v) is 9.98. The van der Waals surface area contributed by atoms with Crippen LogP contribution in [0.4, 0.5) is 5.69 Å². The van der Waals surface area contributed by atoms with Crippen LogP contribution in [0.1, 0.15) is 41.8 Å². The first-order chi connectivity index (χ1) is 17.9. The average Bonchev–Trinajstić information content (AvgIpc) is 2.91. The normalized spacial score (nSPS) is 14.8. The van der Waals surface area contributed by atoms with Crippen LogP contribution in [0.15, 0.2) is 76.5 Å². The molecule has 0 fully saturated rings. The Kier molecular flexibility index (Phi) is 8.56. The summed E-state index contributed by atoms with van der Waals surface area (Å²) in [5.41, 5.74) is 3.35. The number of carbonyl (C=O) groups is 2. The number of benzene rings is 3. The molecular formula is C30H32N2O4S. The largest absolute Gasteiger partial charge is 0.493 e. The molecule has 2 amide bonds. The Bertz CT molecular complexity index is 1310. The second-order valence-electron chi connectivity index (χ2n) is 8.90. The first-order valence-electron chi connectivity index (χ1n) is 12.4. The molecule has 0 spiro atoms. The predicted molar refractivity (Wildman–Crippen MR) is 150 cm³/mol. The van der Waals surface area contributed by atoms with Crippen LogP contribution in [-0.4, -0.2) is 38.6 Å². The van der Waals surface area contributed by atoms with E-state index in [2.05, 4.69) is 17.4 Å². The van der Waals surface area contributed by atoms with Gasteiger partial charge in [-0.05, 0) is 74.2 Å². The third-order valence-corrected chi connectivity index (χ3v) is 7.27. The van der Waals surface area contributed by atoms with E-state index in [9.17, 15) is 9.59 Å². The summed E-state index contributed by atoms with van der Waals surface area (Å²) in [4.78, 5) is 29.2. The summed E-state index contributed by atoms with van der Waals surface area (Å²) in [5.74, 6) is 1.01. The first-order valence-corrected chi connectivity index (χ1v) is 13.2. The Morgan fingerprint density at radius 3 is 2.59 bits per heavy atom. The number of rotatable bonds is 9. The maximum absolute atomic E-state index is 13.2. The number of thioether (sulfide) groups is 1. The summed E-state index contributed by atoms with van der Waals surface area (Å²) >= 11 is 1.40. The molecule has 0 bridgehead atoms. The minimum atomic E-state index is -0.142. The van der Waals surface area contributed by atoms with Crippen molar-refractivity contribution in [1.82, 2.24) is 5.32 Å². The van der Waals surface area contributed by atoms with Crippen LogP contribution < -0.4 is 19.7 Å². The van der Waals surface area contributed by atoms with E-state index in [-0.39, 0.29) is 17.9 Å². The smallest absolute Gasteiger partial charge is 0.264 e. The number of methoxy groups -OCH3 is 1. The van der Waals surface area contributed by atoms with Crippen molar-refractivity contribution in [3.8, 4) is 11.5 Å². The Morgan fingerprint density at radius 2 is 1.86 bits per heavy atom. The average molecular weight is 517 g/mol. The number of hydrogen-bond donors (Lipinski definition) is 1. The third-order valence-electron chi connectivity index (χ3n) is 6.19. The van der Waals surface area contributed by atoms with E-state index in [1.165, 1.54) is 17.3 Å². The Labute approximate surface area is 222 Å². The van der Waals surface area contributed by atoms with Gasteiger partial charge in [0.25, 0.3) is 11.8 Å². The van der Waals surface area contributed by atoms with Crippen molar-refractivity contribution in [2.45, 2.75) is 37.6 Å². The lowest BCUT2D eigenvalue weighted by Crippen LogP contribution is -2.34. The lowest BCUT2D eigenvalue weighted by Gasteiger charge is -2.27. The number of aryl methyl sites for hydroxylation is 1. The van der Waals surface area contributed by atoms with E-state index in [0.29, 0.717) is 28.6 Å². The molecule has 7 heteroatoms. The molecule has 0 saturated carbocycles. The molecule has 4 rings (SSSR count). The molecule has 1 heterocycles. The highest BCUT2D eigenvalue weighted by Crippen LogP contribution is 2.42. The van der Waals surface area contributed by atoms with Crippen LogP contribution >= 0.6 is 11.8 Å². The van der Waals surface area contributed by atoms with E-state index in [1.54, 1.807) is 25.1 Å². The van der Waals surface area contributed by atoms with Crippen molar-refractivity contribution in [2.75, 3.05) is 25.7 Å². The molecule has 0 aromatic heterocycles. The summed E-state index contributed by atoms with van der Waals surface area (Å²) in [6, 6.07) is 21.4. The van der Waals surface area contributed by atoms with Gasteiger partial charge in [0.05, 0.1) is 24.3 Å². The van der Waals surface area contributed by atoms with E-state index in [4.69, 9.17) is 9.47 Å². The number of fused-ring (bicyclic) bond motifs is 1. The zero-order valence-corrected chi connectivity index (χ0v) is 22.4. The fraction of sp³-hybridized carbons (Fsp3) is 0.267. The van der Waals surface area contributed by atoms with Crippen LogP contribution in [0.3, 0.4) is 0 Å². The van der Waals surface area contributed by atoms with E-state index in [1.807, 2.05) is 68.5 Å². The highest BCUT2D eigenvalue weighted by atomic mass is 32.2. The van der Waals surface area contributed by atoms with Gasteiger partial charge in [-0.25, -0.2) is 0 Å². The van der Waals surface area contributed by atoms with Crippen LogP contribution in [0.5, 0.6) is 11.5 Å². The van der Waals surface area contributed by atoms with Gasteiger partial charge >= 0.3 is 0 Å². The number of nitrogens with one attached hydrogen (secondary N) is 1. The van der Waals surface area contributed by atoms with Crippen molar-refractivity contribution in [1.29, 1.82) is 0 Å². The molecule has 1 N–H and O–H groups in total. The maximum atomic E-state index is 13.2. The molecule has 0 aliphatic carbocycles. The topological polar surface area (TPSA) is 67.9 Å². The summed E-state index contributed by atoms with van der Waals surface area (Å²) in [7, 11) is 3.33. The number of ether oxygens (including phenoxy) is 2. The number of hydrogen-bond acceptors (Lipinski definition) is 5. The van der Waals surface area contributed by atoms with E-state index in [0.717, 1.165) is 29.0 Å². The molecule has 1 aliphatic heterocycles. The summed E-state index contributed by atoms with van der Waals surface area (Å²) in [6.07, 6.45) is 3.59. The number of amides is 2. The minimum Gasteiger partial charge on any atom is -0.493 e. The number of nitrogens with zero attached hydrogens (tertiary/aromatic N) is 1. The van der Waals surface area contributed by atoms with Crippen molar-refractivity contribution >= 4 is 35.3 Å². The van der Waals surface area contributed by atoms with Crippen molar-refractivity contribution < 1.29 is 19.1 Å². The minimum absolute atomic E-state index is 0.0260. The quantitative estimate of drug-likeness (QED) is 0.356. The molecule has 1 aliphatic rings. The lowest BCUT2D eigenvalue weighted by molar-refractivity contribution is -0.114. The van der Waals surface area contributed by atoms with Crippen molar-refractivity contribution in [3.05, 3.63) is 88.3 Å². The third kappa shape index (κ3) is 6.35. The first kappa shape index (κ1) is 26.4. The molecule has 6 nitrogen and oxygen atoms in total. The van der Waals surface area contributed by atoms with Gasteiger partial charge in [-0.2, -0.15) is 0 Å². The Balaban J connectivity index is 1.47. The van der Waals surface area contributed by atoms with Gasteiger partial charge in [-0.3, -0.25) is 9.59 Å². The molecule has 0 radical (unpaired) electrons.